The molecule has 12 aromatic carbocycles. The lowest BCUT2D eigenvalue weighted by Crippen LogP contribution is -2.40. The van der Waals surface area contributed by atoms with Gasteiger partial charge in [0, 0.05) is 67.4 Å². The van der Waals surface area contributed by atoms with Gasteiger partial charge in [0.25, 0.3) is 5.91 Å². The monoisotopic (exact) mass is 1890 g/mol. The normalized spacial score (nSPS) is 20.3. The summed E-state index contributed by atoms with van der Waals surface area (Å²) in [6, 6.07) is 68.2. The number of nitrogens with one attached hydrogen (secondary N) is 1. The average Bonchev–Trinajstić information content (AvgIpc) is 1.44. The van der Waals surface area contributed by atoms with Gasteiger partial charge in [0.05, 0.1) is 53.2 Å². The lowest BCUT2D eigenvalue weighted by molar-refractivity contribution is -0.103. The molecule has 14 atom stereocenters. The summed E-state index contributed by atoms with van der Waals surface area (Å²) >= 11 is 3.46. The van der Waals surface area contributed by atoms with Crippen LogP contribution in [0.4, 0.5) is 0 Å². The van der Waals surface area contributed by atoms with Crippen LogP contribution in [0.5, 0.6) is 51.7 Å². The van der Waals surface area contributed by atoms with Gasteiger partial charge >= 0.3 is 0 Å². The highest BCUT2D eigenvalue weighted by molar-refractivity contribution is 9.10. The van der Waals surface area contributed by atoms with Gasteiger partial charge in [-0.1, -0.05) is 178 Å². The number of aromatic nitrogens is 2. The molecule has 3 aliphatic heterocycles. The van der Waals surface area contributed by atoms with Crippen LogP contribution in [-0.2, 0) is 12.0 Å². The maximum absolute atomic E-state index is 12.4. The first kappa shape index (κ1) is 100. The molecule has 1 amide bonds. The van der Waals surface area contributed by atoms with Crippen molar-refractivity contribution in [2.75, 3.05) is 13.2 Å². The van der Waals surface area contributed by atoms with Crippen molar-refractivity contribution in [3.05, 3.63) is 353 Å². The highest BCUT2D eigenvalue weighted by atomic mass is 79.9. The molecule has 2 aromatic heterocycles. The molecule has 0 radical (unpaired) electrons. The van der Waals surface area contributed by atoms with Gasteiger partial charge in [0.15, 0.2) is 46.6 Å². The van der Waals surface area contributed by atoms with Gasteiger partial charge in [-0.2, -0.15) is 0 Å². The van der Waals surface area contributed by atoms with Crippen molar-refractivity contribution in [3.8, 4) is 51.7 Å². The van der Waals surface area contributed by atoms with Crippen LogP contribution >= 0.6 is 15.9 Å². The Kier molecular flexibility index (Phi) is 32.1. The molecule has 0 saturated carbocycles. The second-order valence-corrected chi connectivity index (χ2v) is 35.0. The van der Waals surface area contributed by atoms with Crippen LogP contribution in [0.25, 0.3) is 32.7 Å². The minimum absolute atomic E-state index is 0.107. The van der Waals surface area contributed by atoms with E-state index in [2.05, 4.69) is 25.9 Å². The number of aromatic amines is 1. The third-order valence-corrected chi connectivity index (χ3v) is 25.1. The standard InChI is InChI=1S/C16H16N2O3.C16H16O6.C16H16O5.C16H16O2.C15H14O3.C15H22O3.C12H12BrNO2/c1-8-2-4-11(16(17)21)15-14(8)10-5-3-9(13(20)7-19)6-12(10)18-15;1-7-4-11(19)13-12(5-7)22-16(15(21)14(13)20)8-2-3-9(17)10(18)6-8;1-8-4-12(18)10-7-14(20)16(21-15(10)5-8)9-2-3-11(17)13(19)6-9;1-2-16(18,14-11-7-4-8-12-14)15(17)13-9-5-3-6-10-13;16-13-11-8-4-5-9-12(11)18-15(14(13)17)10-6-2-1-3-7-10;1-8(2)10-6-5-9(3)12-11(16)7-15(4,18)14(17)13(10)12;1-7-5-9-8(3-2-4-14-9)12(13)11(7)10(16)6-15/h2-6,13,18-20H,7H2,1H3,(H2,17,21);2-6,14-21H,1H3;2-6,14,16-20H,7H2,1H3;3-12,18H,2H2,1H3;1-9,13-17H;5-6,8,11,14,16-18H,7H2,1-4H3;2-5,10,15-16H,6H2,1H3/t;;;;;11-,14+,15-;/m.....1./s1. The van der Waals surface area contributed by atoms with Gasteiger partial charge in [0.1, 0.15) is 77.6 Å². The number of phenols is 6. The van der Waals surface area contributed by atoms with E-state index in [1.165, 1.54) is 36.4 Å². The third-order valence-electron chi connectivity index (χ3n) is 24.2. The SMILES string of the molecule is CCC(O)(C(=O)c1ccccc1)c1ccccc1.Cc1cc(O)c2c(c1)OC(c1ccc(O)c(O)c1)C(O)C2.Cc1cc(O)c2c(c1)OC(c1ccc(O)c(O)c1)C(O)C2O.Cc1cc2ncccc2c(Br)c1C(O)CO.Cc1ccc(C(C)C)c2c1[C@H](O)C[C@@](C)(O)[C@H]2O.Cc1ccc(C(N)=O)c2[nH]c3cc(C(O)CO)ccc3c12.OC1c2ccccc2OC(c2ccccc2)C1O. The van der Waals surface area contributed by atoms with Crippen LogP contribution in [0.3, 0.4) is 0 Å². The number of fused-ring (bicyclic) bond motifs is 8. The predicted octanol–water partition coefficient (Wildman–Crippen LogP) is 15.6. The van der Waals surface area contributed by atoms with Crippen LogP contribution in [0.1, 0.15) is 217 Å². The molecular formula is C106H112BrN3O24. The fraction of sp³-hybridized carbons (Fsp3) is 0.274. The molecule has 27 nitrogen and oxygen atoms in total. The predicted molar refractivity (Wildman–Crippen MR) is 509 cm³/mol. The summed E-state index contributed by atoms with van der Waals surface area (Å²) < 4.78 is 18.1. The Bertz CT molecular complexity index is 6500. The molecule has 0 saturated heterocycles. The molecule has 0 fully saturated rings. The summed E-state index contributed by atoms with van der Waals surface area (Å²) in [5.74, 6) is -0.227. The van der Waals surface area contributed by atoms with E-state index in [4.69, 9.17) is 30.2 Å². The summed E-state index contributed by atoms with van der Waals surface area (Å²) in [4.78, 5) is 31.5. The Labute approximate surface area is 782 Å². The van der Waals surface area contributed by atoms with E-state index in [1.807, 2.05) is 158 Å². The maximum Gasteiger partial charge on any atom is 0.250 e. The molecule has 18 rings (SSSR count). The molecule has 0 bridgehead atoms. The fourth-order valence-electron chi connectivity index (χ4n) is 17.1. The molecule has 0 spiro atoms. The highest BCUT2D eigenvalue weighted by Gasteiger charge is 2.45. The minimum atomic E-state index is -1.44. The second-order valence-electron chi connectivity index (χ2n) is 34.2. The van der Waals surface area contributed by atoms with Crippen LogP contribution in [0.2, 0.25) is 0 Å². The summed E-state index contributed by atoms with van der Waals surface area (Å²) in [6.07, 6.45) is -8.43. The topological polar surface area (TPSA) is 501 Å². The Morgan fingerprint density at radius 1 is 0.545 bits per heavy atom. The number of para-hydroxylation sites is 1. The van der Waals surface area contributed by atoms with E-state index >= 15 is 0 Å². The van der Waals surface area contributed by atoms with Crippen LogP contribution in [0, 0.1) is 34.6 Å². The van der Waals surface area contributed by atoms with Crippen LogP contribution in [0.15, 0.2) is 247 Å². The van der Waals surface area contributed by atoms with E-state index in [0.29, 0.717) is 73.5 Å². The minimum Gasteiger partial charge on any atom is -0.508 e. The third kappa shape index (κ3) is 21.8. The number of hydrogen-bond acceptors (Lipinski definition) is 25. The van der Waals surface area contributed by atoms with Gasteiger partial charge in [-0.15, -0.1) is 0 Å². The number of halogens is 1. The average molecular weight is 1890 g/mol. The molecule has 702 valence electrons. The molecule has 1 aliphatic carbocycles. The Morgan fingerprint density at radius 2 is 1.10 bits per heavy atom. The summed E-state index contributed by atoms with van der Waals surface area (Å²) in [7, 11) is 0. The Balaban J connectivity index is 0.000000141. The van der Waals surface area contributed by atoms with Gasteiger partial charge < -0.3 is 122 Å². The maximum atomic E-state index is 12.4. The quantitative estimate of drug-likeness (QED) is 0.0376. The van der Waals surface area contributed by atoms with E-state index in [-0.39, 0.29) is 83.6 Å². The number of nitrogens with zero attached hydrogens (tertiary/aromatic N) is 1. The zero-order valence-electron chi connectivity index (χ0n) is 75.1. The smallest absolute Gasteiger partial charge is 0.250 e. The number of aromatic hydroxyl groups is 6. The second kappa shape index (κ2) is 43.0. The van der Waals surface area contributed by atoms with Crippen LogP contribution in [-0.4, -0.2) is 156 Å². The van der Waals surface area contributed by atoms with Gasteiger partial charge in [-0.3, -0.25) is 14.6 Å². The largest absolute Gasteiger partial charge is 0.508 e. The first-order valence-corrected chi connectivity index (χ1v) is 44.3. The summed E-state index contributed by atoms with van der Waals surface area (Å²) in [5, 5.41) is 191. The number of benzene rings is 12. The number of phenolic OH excluding ortho intramolecular Hbond substituents is 6. The number of carbonyl (C=O) groups excluding carboxylic acids is 2. The van der Waals surface area contributed by atoms with Crippen molar-refractivity contribution < 1.29 is 121 Å². The number of aliphatic hydroxyl groups is 13. The number of primary amides is 1. The number of aliphatic hydroxyl groups excluding tert-OH is 11. The Morgan fingerprint density at radius 3 is 1.72 bits per heavy atom. The number of amides is 1. The zero-order chi connectivity index (χ0) is 97.2. The lowest BCUT2D eigenvalue weighted by Gasteiger charge is -2.40. The fourth-order valence-corrected chi connectivity index (χ4v) is 18.0. The number of ketones is 1. The molecule has 5 heterocycles. The number of carbonyl (C=O) groups is 2. The van der Waals surface area contributed by atoms with E-state index in [9.17, 15) is 96.4 Å². The summed E-state index contributed by atoms with van der Waals surface area (Å²) in [5.41, 5.74) is 18.2. The number of Topliss-reactive ketones (excluding diaryl/α,β-unsaturated/α-hetero) is 1. The first-order valence-electron chi connectivity index (χ1n) is 43.5. The number of hydrogen-bond donors (Lipinski definition) is 21. The highest BCUT2D eigenvalue weighted by Crippen LogP contribution is 2.50. The molecule has 22 N–H and O–H groups in total. The van der Waals surface area contributed by atoms with Crippen molar-refractivity contribution in [1.82, 2.24) is 9.97 Å². The first-order chi connectivity index (χ1) is 63.7. The number of pyridine rings is 1. The lowest BCUT2D eigenvalue weighted by atomic mass is 9.73. The number of aryl methyl sites for hydroxylation is 5. The van der Waals surface area contributed by atoms with Gasteiger partial charge in [-0.25, -0.2) is 0 Å². The van der Waals surface area contributed by atoms with Gasteiger partial charge in [0.2, 0.25) is 0 Å². The zero-order valence-corrected chi connectivity index (χ0v) is 76.7. The molecule has 134 heavy (non-hydrogen) atoms. The van der Waals surface area contributed by atoms with E-state index < -0.39 is 90.4 Å². The van der Waals surface area contributed by atoms with Crippen LogP contribution < -0.4 is 19.9 Å². The van der Waals surface area contributed by atoms with Crippen molar-refractivity contribution in [1.29, 1.82) is 0 Å². The Hall–Kier alpha value is -12.9. The van der Waals surface area contributed by atoms with E-state index in [0.717, 1.165) is 81.7 Å². The number of H-pyrrole nitrogens is 1. The molecule has 11 unspecified atom stereocenters. The van der Waals surface area contributed by atoms with Crippen molar-refractivity contribution in [2.24, 2.45) is 5.73 Å². The van der Waals surface area contributed by atoms with Crippen molar-refractivity contribution in [2.45, 2.75) is 172 Å². The molecule has 4 aliphatic rings. The van der Waals surface area contributed by atoms with Gasteiger partial charge in [-0.05, 0) is 221 Å². The molecule has 14 aromatic rings. The number of nitrogens with two attached hydrogens (primary N) is 1. The number of ether oxygens (including phenoxy) is 3. The molecule has 28 heteroatoms. The van der Waals surface area contributed by atoms with Crippen molar-refractivity contribution >= 4 is 60.3 Å². The number of rotatable bonds is 13. The molecular weight excluding hydrogens is 1780 g/mol. The van der Waals surface area contributed by atoms with E-state index in [1.54, 1.807) is 111 Å². The summed E-state index contributed by atoms with van der Waals surface area (Å²) in [6.45, 7) is 16.3. The van der Waals surface area contributed by atoms with Crippen molar-refractivity contribution in [3.63, 3.8) is 0 Å².